The van der Waals surface area contributed by atoms with E-state index >= 15 is 0 Å². The molecule has 0 saturated heterocycles. The minimum atomic E-state index is -0.514. The van der Waals surface area contributed by atoms with Gasteiger partial charge < -0.3 is 9.47 Å². The molecule has 0 fully saturated rings. The third-order valence-electron chi connectivity index (χ3n) is 3.63. The molecule has 0 bridgehead atoms. The summed E-state index contributed by atoms with van der Waals surface area (Å²) in [4.78, 5) is 22.9. The quantitative estimate of drug-likeness (QED) is 0.434. The Labute approximate surface area is 157 Å². The van der Waals surface area contributed by atoms with E-state index in [2.05, 4.69) is 10.5 Å². The summed E-state index contributed by atoms with van der Waals surface area (Å²) in [5.41, 5.74) is 3.66. The lowest BCUT2D eigenvalue weighted by atomic mass is 10.1. The van der Waals surface area contributed by atoms with E-state index in [0.29, 0.717) is 35.8 Å². The molecule has 1 amide bonds. The van der Waals surface area contributed by atoms with Gasteiger partial charge in [0.15, 0.2) is 5.75 Å². The summed E-state index contributed by atoms with van der Waals surface area (Å²) in [6, 6.07) is 11.2. The number of nitrogens with zero attached hydrogens (tertiary/aromatic N) is 2. The van der Waals surface area contributed by atoms with Gasteiger partial charge in [-0.15, -0.1) is 0 Å². The summed E-state index contributed by atoms with van der Waals surface area (Å²) in [7, 11) is 0. The van der Waals surface area contributed by atoms with Crippen LogP contribution in [0.3, 0.4) is 0 Å². The first-order valence-corrected chi connectivity index (χ1v) is 8.45. The number of hydrazone groups is 1. The Kier molecular flexibility index (Phi) is 6.87. The van der Waals surface area contributed by atoms with Gasteiger partial charge in [0, 0.05) is 17.2 Å². The Hall–Kier alpha value is -3.42. The fraction of sp³-hybridized carbons (Fsp3) is 0.263. The number of benzene rings is 2. The summed E-state index contributed by atoms with van der Waals surface area (Å²) in [6.07, 6.45) is 0. The molecule has 0 spiro atoms. The van der Waals surface area contributed by atoms with E-state index in [1.54, 1.807) is 44.2 Å². The number of carbonyl (C=O) groups excluding carboxylic acids is 1. The molecule has 0 atom stereocenters. The average Bonchev–Trinajstić information content (AvgIpc) is 2.67. The Morgan fingerprint density at radius 2 is 1.70 bits per heavy atom. The van der Waals surface area contributed by atoms with Crippen LogP contribution in [0.5, 0.6) is 11.5 Å². The van der Waals surface area contributed by atoms with Crippen molar-refractivity contribution < 1.29 is 19.2 Å². The predicted molar refractivity (Wildman–Crippen MR) is 102 cm³/mol. The molecule has 142 valence electrons. The smallest absolute Gasteiger partial charge is 0.311 e. The molecule has 8 heteroatoms. The van der Waals surface area contributed by atoms with Gasteiger partial charge in [0.1, 0.15) is 5.75 Å². The molecule has 0 aliphatic heterocycles. The predicted octanol–water partition coefficient (Wildman–Crippen LogP) is 3.55. The number of nitro benzene ring substituents is 1. The molecule has 0 radical (unpaired) electrons. The number of carbonyl (C=O) groups is 1. The van der Waals surface area contributed by atoms with Gasteiger partial charge >= 0.3 is 5.69 Å². The summed E-state index contributed by atoms with van der Waals surface area (Å²) in [5.74, 6) is 0.478. The van der Waals surface area contributed by atoms with Crippen LogP contribution in [0.1, 0.15) is 36.7 Å². The highest BCUT2D eigenvalue weighted by atomic mass is 16.6. The second kappa shape index (κ2) is 9.33. The van der Waals surface area contributed by atoms with E-state index in [1.165, 1.54) is 12.1 Å². The lowest BCUT2D eigenvalue weighted by molar-refractivity contribution is -0.385. The van der Waals surface area contributed by atoms with Gasteiger partial charge in [0.25, 0.3) is 5.91 Å². The van der Waals surface area contributed by atoms with Gasteiger partial charge in [0.05, 0.1) is 23.8 Å². The molecule has 1 N–H and O–H groups in total. The van der Waals surface area contributed by atoms with Crippen LogP contribution in [0.4, 0.5) is 5.69 Å². The van der Waals surface area contributed by atoms with Crippen LogP contribution >= 0.6 is 0 Å². The number of hydrogen-bond acceptors (Lipinski definition) is 6. The number of ether oxygens (including phenoxy) is 2. The number of nitro groups is 1. The first-order chi connectivity index (χ1) is 13.0. The van der Waals surface area contributed by atoms with E-state index in [-0.39, 0.29) is 11.4 Å². The zero-order valence-electron chi connectivity index (χ0n) is 15.4. The molecule has 0 heterocycles. The van der Waals surface area contributed by atoms with Gasteiger partial charge in [-0.3, -0.25) is 14.9 Å². The van der Waals surface area contributed by atoms with Crippen LogP contribution in [0.2, 0.25) is 0 Å². The molecule has 0 aromatic heterocycles. The number of nitrogens with one attached hydrogen (secondary N) is 1. The Balaban J connectivity index is 2.13. The van der Waals surface area contributed by atoms with Crippen molar-refractivity contribution in [1.82, 2.24) is 5.43 Å². The Morgan fingerprint density at radius 3 is 2.30 bits per heavy atom. The van der Waals surface area contributed by atoms with Gasteiger partial charge in [-0.2, -0.15) is 5.10 Å². The van der Waals surface area contributed by atoms with Crippen molar-refractivity contribution in [3.63, 3.8) is 0 Å². The average molecular weight is 371 g/mol. The van der Waals surface area contributed by atoms with E-state index in [1.807, 2.05) is 6.92 Å². The minimum absolute atomic E-state index is 0.151. The van der Waals surface area contributed by atoms with Crippen molar-refractivity contribution in [1.29, 1.82) is 0 Å². The van der Waals surface area contributed by atoms with E-state index in [9.17, 15) is 14.9 Å². The molecule has 0 aliphatic rings. The molecule has 2 aromatic carbocycles. The fourth-order valence-electron chi connectivity index (χ4n) is 2.30. The first-order valence-electron chi connectivity index (χ1n) is 8.45. The lowest BCUT2D eigenvalue weighted by Crippen LogP contribution is -2.19. The molecule has 2 aromatic rings. The summed E-state index contributed by atoms with van der Waals surface area (Å²) in [5, 5.41) is 15.2. The summed E-state index contributed by atoms with van der Waals surface area (Å²) < 4.78 is 10.6. The number of amides is 1. The molecule has 8 nitrogen and oxygen atoms in total. The second-order valence-electron chi connectivity index (χ2n) is 5.47. The minimum Gasteiger partial charge on any atom is -0.494 e. The largest absolute Gasteiger partial charge is 0.494 e. The maximum atomic E-state index is 12.2. The van der Waals surface area contributed by atoms with E-state index in [4.69, 9.17) is 9.47 Å². The van der Waals surface area contributed by atoms with Crippen molar-refractivity contribution in [3.05, 3.63) is 63.7 Å². The SMILES string of the molecule is CCOc1ccc(C(=O)N/N=C(/C)c2ccc(OCC)c([N+](=O)[O-])c2)cc1. The zero-order chi connectivity index (χ0) is 19.8. The lowest BCUT2D eigenvalue weighted by Gasteiger charge is -2.07. The van der Waals surface area contributed by atoms with Crippen LogP contribution in [-0.2, 0) is 0 Å². The summed E-state index contributed by atoms with van der Waals surface area (Å²) >= 11 is 0. The molecule has 0 aliphatic carbocycles. The normalized spacial score (nSPS) is 11.0. The highest BCUT2D eigenvalue weighted by Gasteiger charge is 2.16. The van der Waals surface area contributed by atoms with E-state index in [0.717, 1.165) is 0 Å². The summed E-state index contributed by atoms with van der Waals surface area (Å²) in [6.45, 7) is 6.15. The van der Waals surface area contributed by atoms with Crippen molar-refractivity contribution in [2.45, 2.75) is 20.8 Å². The zero-order valence-corrected chi connectivity index (χ0v) is 15.4. The molecule has 0 unspecified atom stereocenters. The number of rotatable bonds is 8. The highest BCUT2D eigenvalue weighted by Crippen LogP contribution is 2.28. The van der Waals surface area contributed by atoms with Gasteiger partial charge in [-0.05, 0) is 57.2 Å². The van der Waals surface area contributed by atoms with Crippen molar-refractivity contribution >= 4 is 17.3 Å². The monoisotopic (exact) mass is 371 g/mol. The fourth-order valence-corrected chi connectivity index (χ4v) is 2.30. The molecule has 27 heavy (non-hydrogen) atoms. The van der Waals surface area contributed by atoms with Crippen LogP contribution in [0.25, 0.3) is 0 Å². The van der Waals surface area contributed by atoms with Crippen LogP contribution in [-0.4, -0.2) is 29.8 Å². The molecule has 2 rings (SSSR count). The van der Waals surface area contributed by atoms with E-state index < -0.39 is 10.8 Å². The topological polar surface area (TPSA) is 103 Å². The highest BCUT2D eigenvalue weighted by molar-refractivity contribution is 6.01. The van der Waals surface area contributed by atoms with Crippen LogP contribution in [0.15, 0.2) is 47.6 Å². The second-order valence-corrected chi connectivity index (χ2v) is 5.47. The maximum absolute atomic E-state index is 12.2. The van der Waals surface area contributed by atoms with Crippen LogP contribution < -0.4 is 14.9 Å². The molecular formula is C19H21N3O5. The van der Waals surface area contributed by atoms with Crippen LogP contribution in [0, 0.1) is 10.1 Å². The Morgan fingerprint density at radius 1 is 1.07 bits per heavy atom. The molecular weight excluding hydrogens is 350 g/mol. The first kappa shape index (κ1) is 19.9. The van der Waals surface area contributed by atoms with Gasteiger partial charge in [-0.25, -0.2) is 5.43 Å². The standard InChI is InChI=1S/C19H21N3O5/c1-4-26-16-9-6-14(7-10-16)19(23)21-20-13(3)15-8-11-18(27-5-2)17(12-15)22(24)25/h6-12H,4-5H2,1-3H3,(H,21,23)/b20-13-. The third-order valence-corrected chi connectivity index (χ3v) is 3.63. The maximum Gasteiger partial charge on any atom is 0.311 e. The van der Waals surface area contributed by atoms with Crippen molar-refractivity contribution in [2.24, 2.45) is 5.10 Å². The van der Waals surface area contributed by atoms with Crippen molar-refractivity contribution in [2.75, 3.05) is 13.2 Å². The van der Waals surface area contributed by atoms with Crippen molar-refractivity contribution in [3.8, 4) is 11.5 Å². The van der Waals surface area contributed by atoms with Gasteiger partial charge in [-0.1, -0.05) is 0 Å². The Bertz CT molecular complexity index is 847. The van der Waals surface area contributed by atoms with Gasteiger partial charge in [0.2, 0.25) is 0 Å². The number of hydrogen-bond donors (Lipinski definition) is 1. The molecule has 0 saturated carbocycles. The third kappa shape index (κ3) is 5.27.